The summed E-state index contributed by atoms with van der Waals surface area (Å²) in [5.41, 5.74) is 0.460. The van der Waals surface area contributed by atoms with Gasteiger partial charge in [0.2, 0.25) is 10.0 Å². The molecule has 160 valence electrons. The third-order valence-corrected chi connectivity index (χ3v) is 7.00. The van der Waals surface area contributed by atoms with E-state index in [-0.39, 0.29) is 28.3 Å². The van der Waals surface area contributed by atoms with Crippen LogP contribution in [0.4, 0.5) is 0 Å². The summed E-state index contributed by atoms with van der Waals surface area (Å²) in [6.45, 7) is 6.34. The van der Waals surface area contributed by atoms with Gasteiger partial charge in [-0.1, -0.05) is 6.58 Å². The molecule has 2 N–H and O–H groups in total. The Labute approximate surface area is 172 Å². The van der Waals surface area contributed by atoms with Gasteiger partial charge in [0.05, 0.1) is 29.0 Å². The molecule has 4 rings (SSSR count). The minimum Gasteiger partial charge on any atom is -0.381 e. The summed E-state index contributed by atoms with van der Waals surface area (Å²) in [4.78, 5) is 37.5. The quantitative estimate of drug-likeness (QED) is 0.586. The van der Waals surface area contributed by atoms with Crippen LogP contribution in [0.2, 0.25) is 0 Å². The van der Waals surface area contributed by atoms with Crippen molar-refractivity contribution >= 4 is 26.8 Å². The highest BCUT2D eigenvalue weighted by Gasteiger charge is 2.41. The molecule has 1 aromatic heterocycles. The first-order chi connectivity index (χ1) is 14.1. The molecule has 1 saturated carbocycles. The fraction of sp³-hybridized carbons (Fsp3) is 0.421. The first-order valence-electron chi connectivity index (χ1n) is 9.48. The monoisotopic (exact) mass is 434 g/mol. The molecule has 1 aliphatic carbocycles. The molecule has 0 bridgehead atoms. The molecule has 1 aliphatic heterocycles. The zero-order valence-electron chi connectivity index (χ0n) is 16.4. The van der Waals surface area contributed by atoms with Crippen molar-refractivity contribution in [1.82, 2.24) is 14.0 Å². The van der Waals surface area contributed by atoms with Crippen molar-refractivity contribution in [3.63, 3.8) is 0 Å². The van der Waals surface area contributed by atoms with Crippen LogP contribution in [0.25, 0.3) is 10.9 Å². The van der Waals surface area contributed by atoms with Crippen molar-refractivity contribution in [3.8, 4) is 0 Å². The molecule has 10 nitrogen and oxygen atoms in total. The second-order valence-corrected chi connectivity index (χ2v) is 9.64. The Morgan fingerprint density at radius 2 is 2.03 bits per heavy atom. The maximum Gasteiger partial charge on any atom is 0.350 e. The van der Waals surface area contributed by atoms with Crippen LogP contribution in [-0.4, -0.2) is 42.3 Å². The maximum atomic E-state index is 13.0. The lowest BCUT2D eigenvalue weighted by Gasteiger charge is -2.27. The molecule has 1 amide bonds. The molecule has 1 saturated heterocycles. The third kappa shape index (κ3) is 3.71. The fourth-order valence-corrected chi connectivity index (χ4v) is 4.76. The zero-order chi connectivity index (χ0) is 21.7. The van der Waals surface area contributed by atoms with E-state index in [1.54, 1.807) is 0 Å². The van der Waals surface area contributed by atoms with Gasteiger partial charge in [-0.25, -0.2) is 17.9 Å². The number of rotatable bonds is 7. The van der Waals surface area contributed by atoms with Gasteiger partial charge < -0.3 is 4.74 Å². The van der Waals surface area contributed by atoms with E-state index in [9.17, 15) is 22.8 Å². The van der Waals surface area contributed by atoms with Gasteiger partial charge in [-0.3, -0.25) is 19.6 Å². The highest BCUT2D eigenvalue weighted by Crippen LogP contribution is 2.36. The second-order valence-electron chi connectivity index (χ2n) is 7.96. The first kappa shape index (κ1) is 20.5. The largest absolute Gasteiger partial charge is 0.381 e. The van der Waals surface area contributed by atoms with Gasteiger partial charge in [-0.15, -0.1) is 0 Å². The molecule has 2 heterocycles. The number of hydrogen-bond donors (Lipinski definition) is 2. The van der Waals surface area contributed by atoms with Gasteiger partial charge in [-0.2, -0.15) is 4.68 Å². The number of nitrogens with one attached hydrogen (secondary N) is 2. The molecule has 1 aromatic carbocycles. The van der Waals surface area contributed by atoms with E-state index in [0.29, 0.717) is 17.9 Å². The van der Waals surface area contributed by atoms with Crippen molar-refractivity contribution in [2.45, 2.75) is 36.7 Å². The molecule has 11 heteroatoms. The Hall–Kier alpha value is -2.76. The molecule has 2 aliphatic rings. The van der Waals surface area contributed by atoms with E-state index in [0.717, 1.165) is 18.9 Å². The molecule has 2 fully saturated rings. The number of carbonyl (C=O) groups is 1. The summed E-state index contributed by atoms with van der Waals surface area (Å²) < 4.78 is 35.2. The van der Waals surface area contributed by atoms with Crippen molar-refractivity contribution in [3.05, 3.63) is 51.7 Å². The van der Waals surface area contributed by atoms with Gasteiger partial charge in [0.25, 0.3) is 11.5 Å². The van der Waals surface area contributed by atoms with E-state index < -0.39 is 32.7 Å². The fourth-order valence-electron chi connectivity index (χ4n) is 3.27. The van der Waals surface area contributed by atoms with Gasteiger partial charge in [0.1, 0.15) is 0 Å². The number of fused-ring (bicyclic) bond motifs is 1. The molecular formula is C19H22N4O6S. The smallest absolute Gasteiger partial charge is 0.350 e. The van der Waals surface area contributed by atoms with Crippen LogP contribution in [0.15, 0.2) is 45.3 Å². The second kappa shape index (κ2) is 7.18. The molecular weight excluding hydrogens is 412 g/mol. The number of hydrogen-bond acceptors (Lipinski definition) is 6. The third-order valence-electron chi connectivity index (χ3n) is 5.36. The number of ether oxygens (including phenoxy) is 1. The average molecular weight is 434 g/mol. The minimum atomic E-state index is -3.85. The van der Waals surface area contributed by atoms with E-state index in [1.165, 1.54) is 22.8 Å². The summed E-state index contributed by atoms with van der Waals surface area (Å²) in [5.74, 6) is -0.661. The van der Waals surface area contributed by atoms with E-state index in [1.807, 2.05) is 6.92 Å². The number of nitrogens with zero attached hydrogens (tertiary/aromatic N) is 2. The lowest BCUT2D eigenvalue weighted by molar-refractivity contribution is -0.112. The van der Waals surface area contributed by atoms with Crippen molar-refractivity contribution in [1.29, 1.82) is 0 Å². The Morgan fingerprint density at radius 1 is 1.33 bits per heavy atom. The molecule has 0 spiro atoms. The highest BCUT2D eigenvalue weighted by molar-refractivity contribution is 7.89. The van der Waals surface area contributed by atoms with Crippen LogP contribution >= 0.6 is 0 Å². The van der Waals surface area contributed by atoms with E-state index in [4.69, 9.17) is 4.74 Å². The average Bonchev–Trinajstić information content (AvgIpc) is 3.38. The summed E-state index contributed by atoms with van der Waals surface area (Å²) >= 11 is 0. The van der Waals surface area contributed by atoms with E-state index in [2.05, 4.69) is 16.7 Å². The van der Waals surface area contributed by atoms with Crippen molar-refractivity contribution in [2.24, 2.45) is 5.92 Å². The molecule has 0 atom stereocenters. The van der Waals surface area contributed by atoms with Gasteiger partial charge >= 0.3 is 5.69 Å². The van der Waals surface area contributed by atoms with Crippen LogP contribution in [-0.2, 0) is 26.1 Å². The summed E-state index contributed by atoms with van der Waals surface area (Å²) in [6, 6.07) is 4.05. The predicted molar refractivity (Wildman–Crippen MR) is 109 cm³/mol. The molecule has 0 unspecified atom stereocenters. The van der Waals surface area contributed by atoms with Crippen LogP contribution in [0.3, 0.4) is 0 Å². The Bertz CT molecular complexity index is 1270. The summed E-state index contributed by atoms with van der Waals surface area (Å²) in [6.07, 6.45) is 2.41. The van der Waals surface area contributed by atoms with Gasteiger partial charge in [-0.05, 0) is 44.0 Å². The van der Waals surface area contributed by atoms with Crippen molar-refractivity contribution < 1.29 is 17.9 Å². The lowest BCUT2D eigenvalue weighted by Crippen LogP contribution is -2.48. The molecule has 2 aromatic rings. The molecule has 30 heavy (non-hydrogen) atoms. The standard InChI is InChI=1S/C19H22N4O6S/c1-3-16(24)20-23-17(25)14-8-13(30(27,28)21-19(2)6-7-19)4-5-15(14)22(18(23)26)9-12-10-29-11-12/h3-5,8,12,21H,1,6-7,9-11H2,2H3,(H,20,24). The number of amides is 1. The zero-order valence-corrected chi connectivity index (χ0v) is 17.2. The first-order valence-corrected chi connectivity index (χ1v) is 11.0. The summed E-state index contributed by atoms with van der Waals surface area (Å²) in [7, 11) is -3.85. The highest BCUT2D eigenvalue weighted by atomic mass is 32.2. The topological polar surface area (TPSA) is 129 Å². The van der Waals surface area contributed by atoms with Gasteiger partial charge in [0, 0.05) is 18.0 Å². The van der Waals surface area contributed by atoms with Gasteiger partial charge in [0.15, 0.2) is 0 Å². The normalized spacial score (nSPS) is 18.0. The Balaban J connectivity index is 1.89. The number of aromatic nitrogens is 2. The van der Waals surface area contributed by atoms with Crippen LogP contribution in [0.5, 0.6) is 0 Å². The summed E-state index contributed by atoms with van der Waals surface area (Å²) in [5, 5.41) is 0.00280. The number of sulfonamides is 1. The van der Waals surface area contributed by atoms with Crippen LogP contribution < -0.4 is 21.4 Å². The molecule has 0 radical (unpaired) electrons. The van der Waals surface area contributed by atoms with Crippen molar-refractivity contribution in [2.75, 3.05) is 18.6 Å². The predicted octanol–water partition coefficient (Wildman–Crippen LogP) is -0.104. The minimum absolute atomic E-state index is 0.00280. The van der Waals surface area contributed by atoms with E-state index >= 15 is 0 Å². The van der Waals surface area contributed by atoms with Crippen LogP contribution in [0.1, 0.15) is 19.8 Å². The number of benzene rings is 1. The maximum absolute atomic E-state index is 13.0. The van der Waals surface area contributed by atoms with Crippen LogP contribution in [0, 0.1) is 5.92 Å². The Morgan fingerprint density at radius 3 is 2.60 bits per heavy atom. The number of carbonyl (C=O) groups excluding carboxylic acids is 1. The Kier molecular flexibility index (Phi) is 4.91. The SMILES string of the molecule is C=CC(=O)Nn1c(=O)c2cc(S(=O)(=O)NC3(C)CC3)ccc2n(CC2COC2)c1=O. The lowest BCUT2D eigenvalue weighted by atomic mass is 10.1.